The van der Waals surface area contributed by atoms with Crippen molar-refractivity contribution >= 4 is 29.4 Å². The molecule has 3 fully saturated rings. The van der Waals surface area contributed by atoms with E-state index in [1.165, 1.54) is 0 Å². The summed E-state index contributed by atoms with van der Waals surface area (Å²) < 4.78 is 80.4. The molecule has 14 heteroatoms. The zero-order valence-electron chi connectivity index (χ0n) is 21.0. The van der Waals surface area contributed by atoms with Gasteiger partial charge in [-0.1, -0.05) is 11.6 Å². The first kappa shape index (κ1) is 29.6. The number of benzene rings is 1. The zero-order chi connectivity index (χ0) is 28.6. The van der Waals surface area contributed by atoms with Gasteiger partial charge in [0, 0.05) is 50.0 Å². The van der Waals surface area contributed by atoms with Gasteiger partial charge in [-0.05, 0) is 67.8 Å². The minimum Gasteiger partial charge on any atom is -0.481 e. The predicted octanol–water partition coefficient (Wildman–Crippen LogP) is 5.56. The molecule has 218 valence electrons. The maximum absolute atomic E-state index is 12.8. The Kier molecular flexibility index (Phi) is 8.51. The Balaban J connectivity index is 1.31. The first-order valence-corrected chi connectivity index (χ1v) is 13.1. The van der Waals surface area contributed by atoms with Crippen LogP contribution in [-0.2, 0) is 16.1 Å². The molecular formula is C25H30ClF6N3O4. The lowest BCUT2D eigenvalue weighted by atomic mass is 9.78. The number of likely N-dealkylation sites (tertiary alicyclic amines) is 2. The fourth-order valence-corrected chi connectivity index (χ4v) is 6.03. The van der Waals surface area contributed by atoms with Crippen molar-refractivity contribution in [3.63, 3.8) is 0 Å². The second kappa shape index (κ2) is 11.2. The van der Waals surface area contributed by atoms with Crippen LogP contribution in [-0.4, -0.2) is 84.7 Å². The molecular weight excluding hydrogens is 556 g/mol. The van der Waals surface area contributed by atoms with E-state index in [0.717, 1.165) is 29.1 Å². The third-order valence-electron chi connectivity index (χ3n) is 7.97. The summed E-state index contributed by atoms with van der Waals surface area (Å²) in [6.45, 7) is 3.30. The van der Waals surface area contributed by atoms with Crippen molar-refractivity contribution in [3.8, 4) is 0 Å². The van der Waals surface area contributed by atoms with Crippen LogP contribution in [0, 0.1) is 11.3 Å². The Hall–Kier alpha value is -2.41. The number of rotatable bonds is 5. The Morgan fingerprint density at radius 1 is 0.974 bits per heavy atom. The lowest BCUT2D eigenvalue weighted by Gasteiger charge is -2.39. The fourth-order valence-electron chi connectivity index (χ4n) is 5.78. The number of carboxylic acid groups (broad SMARTS) is 1. The number of carbonyl (C=O) groups is 2. The number of alkyl halides is 6. The summed E-state index contributed by atoms with van der Waals surface area (Å²) in [5.74, 6) is -1.12. The summed E-state index contributed by atoms with van der Waals surface area (Å²) in [5, 5.41) is 9.80. The van der Waals surface area contributed by atoms with Crippen molar-refractivity contribution in [3.05, 3.63) is 28.8 Å². The Morgan fingerprint density at radius 3 is 2.13 bits per heavy atom. The molecule has 3 heterocycles. The molecule has 0 aromatic heterocycles. The third kappa shape index (κ3) is 7.22. The number of halogens is 7. The van der Waals surface area contributed by atoms with E-state index in [1.54, 1.807) is 0 Å². The van der Waals surface area contributed by atoms with Gasteiger partial charge in [-0.3, -0.25) is 9.69 Å². The highest BCUT2D eigenvalue weighted by atomic mass is 35.5. The maximum atomic E-state index is 12.8. The monoisotopic (exact) mass is 585 g/mol. The van der Waals surface area contributed by atoms with E-state index < -0.39 is 30.5 Å². The zero-order valence-corrected chi connectivity index (χ0v) is 21.8. The molecule has 0 unspecified atom stereocenters. The minimum atomic E-state index is -5.74. The van der Waals surface area contributed by atoms with Gasteiger partial charge in [-0.2, -0.15) is 26.3 Å². The summed E-state index contributed by atoms with van der Waals surface area (Å²) >= 11 is 6.38. The molecule has 39 heavy (non-hydrogen) atoms. The van der Waals surface area contributed by atoms with Crippen molar-refractivity contribution in [2.45, 2.75) is 57.1 Å². The number of ether oxygens (including phenoxy) is 1. The quantitative estimate of drug-likeness (QED) is 0.456. The number of aliphatic carboxylic acids is 1. The molecule has 3 saturated heterocycles. The summed E-state index contributed by atoms with van der Waals surface area (Å²) in [6, 6.07) is 5.76. The predicted molar refractivity (Wildman–Crippen MR) is 130 cm³/mol. The Labute approximate surface area is 226 Å². The summed E-state index contributed by atoms with van der Waals surface area (Å²) in [4.78, 5) is 28.6. The van der Waals surface area contributed by atoms with E-state index in [1.807, 2.05) is 18.2 Å². The van der Waals surface area contributed by atoms with Crippen LogP contribution in [0.3, 0.4) is 0 Å². The van der Waals surface area contributed by atoms with Crippen molar-refractivity contribution in [1.82, 2.24) is 9.80 Å². The summed E-state index contributed by atoms with van der Waals surface area (Å²) in [7, 11) is 0. The van der Waals surface area contributed by atoms with Gasteiger partial charge in [0.2, 0.25) is 0 Å². The fraction of sp³-hybridized carbons (Fsp3) is 0.680. The first-order valence-electron chi connectivity index (χ1n) is 12.7. The molecule has 3 aliphatic rings. The SMILES string of the molecule is O=C(O)C1CCN(c2cc(Cl)cc(CN3CCC4(CCN(C(=O)OC(C(F)(F)F)C(F)(F)F)CC4)C3)c2)CC1. The Morgan fingerprint density at radius 2 is 1.56 bits per heavy atom. The maximum Gasteiger partial charge on any atom is 0.434 e. The number of amides is 1. The average Bonchev–Trinajstić information content (AvgIpc) is 3.22. The van der Waals surface area contributed by atoms with Gasteiger partial charge in [0.05, 0.1) is 5.92 Å². The molecule has 1 aromatic rings. The summed E-state index contributed by atoms with van der Waals surface area (Å²) in [6.07, 6.45) is -14.5. The van der Waals surface area contributed by atoms with Crippen molar-refractivity contribution in [1.29, 1.82) is 0 Å². The van der Waals surface area contributed by atoms with E-state index in [-0.39, 0.29) is 24.4 Å². The summed E-state index contributed by atoms with van der Waals surface area (Å²) in [5.41, 5.74) is 1.73. The second-order valence-electron chi connectivity index (χ2n) is 10.7. The molecule has 1 N–H and O–H groups in total. The molecule has 1 spiro atoms. The molecule has 4 rings (SSSR count). The van der Waals surface area contributed by atoms with Gasteiger partial charge in [-0.25, -0.2) is 4.79 Å². The average molecular weight is 586 g/mol. The van der Waals surface area contributed by atoms with Gasteiger partial charge in [-0.15, -0.1) is 0 Å². The largest absolute Gasteiger partial charge is 0.481 e. The van der Waals surface area contributed by atoms with Crippen LogP contribution in [0.2, 0.25) is 5.02 Å². The minimum absolute atomic E-state index is 0.0166. The molecule has 0 radical (unpaired) electrons. The van der Waals surface area contributed by atoms with Crippen LogP contribution in [0.25, 0.3) is 0 Å². The van der Waals surface area contributed by atoms with Crippen LogP contribution in [0.4, 0.5) is 36.8 Å². The molecule has 1 aromatic carbocycles. The smallest absolute Gasteiger partial charge is 0.434 e. The lowest BCUT2D eigenvalue weighted by molar-refractivity contribution is -0.308. The highest BCUT2D eigenvalue weighted by Gasteiger charge is 2.60. The van der Waals surface area contributed by atoms with Crippen molar-refractivity contribution in [2.75, 3.05) is 44.2 Å². The van der Waals surface area contributed by atoms with E-state index in [4.69, 9.17) is 11.6 Å². The molecule has 0 bridgehead atoms. The van der Waals surface area contributed by atoms with E-state index >= 15 is 0 Å². The number of nitrogens with zero attached hydrogens (tertiary/aromatic N) is 3. The van der Waals surface area contributed by atoms with Gasteiger partial charge in [0.15, 0.2) is 0 Å². The highest BCUT2D eigenvalue weighted by molar-refractivity contribution is 6.30. The molecule has 0 aliphatic carbocycles. The molecule has 0 saturated carbocycles. The molecule has 0 atom stereocenters. The van der Waals surface area contributed by atoms with Crippen LogP contribution in [0.15, 0.2) is 18.2 Å². The normalized spacial score (nSPS) is 21.1. The molecule has 1 amide bonds. The number of anilines is 1. The van der Waals surface area contributed by atoms with Gasteiger partial charge in [0.25, 0.3) is 6.10 Å². The molecule has 3 aliphatic heterocycles. The van der Waals surface area contributed by atoms with Gasteiger partial charge < -0.3 is 19.6 Å². The van der Waals surface area contributed by atoms with Crippen molar-refractivity contribution < 1.29 is 45.8 Å². The number of carboxylic acids is 1. The van der Waals surface area contributed by atoms with E-state index in [9.17, 15) is 41.0 Å². The highest BCUT2D eigenvalue weighted by Crippen LogP contribution is 2.42. The van der Waals surface area contributed by atoms with Crippen LogP contribution in [0.5, 0.6) is 0 Å². The van der Waals surface area contributed by atoms with Gasteiger partial charge in [0.1, 0.15) is 0 Å². The number of piperidine rings is 2. The van der Waals surface area contributed by atoms with Crippen LogP contribution in [0.1, 0.15) is 37.7 Å². The van der Waals surface area contributed by atoms with Gasteiger partial charge >= 0.3 is 24.4 Å². The number of hydrogen-bond acceptors (Lipinski definition) is 5. The molecule has 7 nitrogen and oxygen atoms in total. The standard InChI is InChI=1S/C25H30ClF6N3O4/c26-18-11-16(12-19(13-18)34-6-1-17(2-7-34)20(36)37)14-33-8-3-23(15-33)4-9-35(10-5-23)22(38)39-21(24(27,28)29)25(30,31)32/h11-13,17,21H,1-10,14-15H2,(H,36,37). The number of carbonyl (C=O) groups excluding carboxylic acids is 1. The van der Waals surface area contributed by atoms with E-state index in [0.29, 0.717) is 56.9 Å². The lowest BCUT2D eigenvalue weighted by Crippen LogP contribution is -2.50. The Bertz CT molecular complexity index is 1040. The van der Waals surface area contributed by atoms with Crippen LogP contribution < -0.4 is 4.90 Å². The van der Waals surface area contributed by atoms with E-state index in [2.05, 4.69) is 14.5 Å². The first-order chi connectivity index (χ1) is 18.1. The topological polar surface area (TPSA) is 73.3 Å². The van der Waals surface area contributed by atoms with Crippen LogP contribution >= 0.6 is 11.6 Å². The third-order valence-corrected chi connectivity index (χ3v) is 8.19. The van der Waals surface area contributed by atoms with Crippen molar-refractivity contribution in [2.24, 2.45) is 11.3 Å². The second-order valence-corrected chi connectivity index (χ2v) is 11.1. The number of hydrogen-bond donors (Lipinski definition) is 1.